The molecule has 1 unspecified atom stereocenters. The first-order valence-electron chi connectivity index (χ1n) is 7.10. The topological polar surface area (TPSA) is 64.3 Å². The molecule has 0 aromatic heterocycles. The monoisotopic (exact) mass is 256 g/mol. The van der Waals surface area contributed by atoms with Crippen LogP contribution in [0.15, 0.2) is 0 Å². The van der Waals surface area contributed by atoms with E-state index in [9.17, 15) is 4.79 Å². The van der Waals surface area contributed by atoms with Gasteiger partial charge < -0.3 is 15.8 Å². The van der Waals surface area contributed by atoms with Crippen molar-refractivity contribution in [3.63, 3.8) is 0 Å². The molecule has 1 fully saturated rings. The molecule has 18 heavy (non-hydrogen) atoms. The minimum Gasteiger partial charge on any atom is -0.385 e. The second-order valence-electron chi connectivity index (χ2n) is 5.83. The van der Waals surface area contributed by atoms with E-state index < -0.39 is 6.04 Å². The highest BCUT2D eigenvalue weighted by molar-refractivity contribution is 5.81. The molecule has 0 spiro atoms. The molecule has 0 aliphatic heterocycles. The molecule has 1 rings (SSSR count). The van der Waals surface area contributed by atoms with Crippen molar-refractivity contribution >= 4 is 5.91 Å². The van der Waals surface area contributed by atoms with Gasteiger partial charge in [0.2, 0.25) is 5.91 Å². The lowest BCUT2D eigenvalue weighted by Gasteiger charge is -2.34. The number of nitrogens with one attached hydrogen (secondary N) is 1. The van der Waals surface area contributed by atoms with Crippen molar-refractivity contribution in [2.45, 2.75) is 57.9 Å². The lowest BCUT2D eigenvalue weighted by molar-refractivity contribution is -0.123. The molecule has 0 bridgehead atoms. The first-order valence-corrected chi connectivity index (χ1v) is 7.10. The molecule has 0 saturated heterocycles. The Morgan fingerprint density at radius 1 is 1.39 bits per heavy atom. The van der Waals surface area contributed by atoms with E-state index in [0.29, 0.717) is 13.0 Å². The maximum Gasteiger partial charge on any atom is 0.236 e. The molecule has 1 amide bonds. The van der Waals surface area contributed by atoms with Crippen molar-refractivity contribution in [1.82, 2.24) is 5.32 Å². The number of methoxy groups -OCH3 is 1. The lowest BCUT2D eigenvalue weighted by atomic mass is 9.76. The van der Waals surface area contributed by atoms with Crippen molar-refractivity contribution in [1.29, 1.82) is 0 Å². The molecule has 1 atom stereocenters. The molecule has 4 nitrogen and oxygen atoms in total. The van der Waals surface area contributed by atoms with Gasteiger partial charge in [-0.05, 0) is 31.1 Å². The summed E-state index contributed by atoms with van der Waals surface area (Å²) in [5.41, 5.74) is 6.13. The molecular formula is C14H28N2O2. The maximum atomic E-state index is 11.8. The molecule has 0 radical (unpaired) electrons. The Hall–Kier alpha value is -0.610. The van der Waals surface area contributed by atoms with E-state index in [2.05, 4.69) is 12.2 Å². The van der Waals surface area contributed by atoms with Gasteiger partial charge in [-0.15, -0.1) is 0 Å². The lowest BCUT2D eigenvalue weighted by Crippen LogP contribution is -2.45. The second kappa shape index (κ2) is 7.74. The van der Waals surface area contributed by atoms with Crippen LogP contribution in [0.2, 0.25) is 0 Å². The van der Waals surface area contributed by atoms with Crippen LogP contribution in [0.3, 0.4) is 0 Å². The summed E-state index contributed by atoms with van der Waals surface area (Å²) < 4.78 is 4.96. The van der Waals surface area contributed by atoms with Crippen LogP contribution in [0.1, 0.15) is 51.9 Å². The number of hydrogen-bond acceptors (Lipinski definition) is 3. The van der Waals surface area contributed by atoms with Crippen LogP contribution in [-0.4, -0.2) is 32.2 Å². The Bertz CT molecular complexity index is 250. The summed E-state index contributed by atoms with van der Waals surface area (Å²) in [5.74, 6) is -0.0158. The van der Waals surface area contributed by atoms with Crippen molar-refractivity contribution in [3.8, 4) is 0 Å². The van der Waals surface area contributed by atoms with Gasteiger partial charge in [-0.25, -0.2) is 0 Å². The number of ether oxygens (including phenoxy) is 1. The summed E-state index contributed by atoms with van der Waals surface area (Å²) in [6, 6.07) is -0.396. The highest BCUT2D eigenvalue weighted by atomic mass is 16.5. The molecular weight excluding hydrogens is 228 g/mol. The van der Waals surface area contributed by atoms with Crippen molar-refractivity contribution in [3.05, 3.63) is 0 Å². The zero-order valence-corrected chi connectivity index (χ0v) is 11.8. The number of carbonyl (C=O) groups excluding carboxylic acids is 1. The van der Waals surface area contributed by atoms with Crippen molar-refractivity contribution in [2.24, 2.45) is 11.1 Å². The van der Waals surface area contributed by atoms with Crippen LogP contribution in [0.4, 0.5) is 0 Å². The number of carbonyl (C=O) groups is 1. The third kappa shape index (κ3) is 5.36. The van der Waals surface area contributed by atoms with Gasteiger partial charge >= 0.3 is 0 Å². The molecule has 4 heteroatoms. The first-order chi connectivity index (χ1) is 8.57. The fourth-order valence-electron chi connectivity index (χ4n) is 2.59. The zero-order chi connectivity index (χ0) is 13.4. The van der Waals surface area contributed by atoms with Gasteiger partial charge in [-0.2, -0.15) is 0 Å². The van der Waals surface area contributed by atoms with E-state index in [1.165, 1.54) is 32.1 Å². The van der Waals surface area contributed by atoms with Gasteiger partial charge in [-0.1, -0.05) is 26.2 Å². The smallest absolute Gasteiger partial charge is 0.236 e. The largest absolute Gasteiger partial charge is 0.385 e. The fourth-order valence-corrected chi connectivity index (χ4v) is 2.59. The average Bonchev–Trinajstić information content (AvgIpc) is 2.37. The normalized spacial score (nSPS) is 20.4. The third-order valence-corrected chi connectivity index (χ3v) is 3.95. The van der Waals surface area contributed by atoms with E-state index >= 15 is 0 Å². The van der Waals surface area contributed by atoms with E-state index in [-0.39, 0.29) is 11.3 Å². The van der Waals surface area contributed by atoms with E-state index in [1.54, 1.807) is 7.11 Å². The predicted octanol–water partition coefficient (Wildman–Crippen LogP) is 1.83. The van der Waals surface area contributed by atoms with E-state index in [0.717, 1.165) is 13.0 Å². The number of nitrogens with two attached hydrogens (primary N) is 1. The maximum absolute atomic E-state index is 11.8. The van der Waals surface area contributed by atoms with Crippen LogP contribution >= 0.6 is 0 Å². The second-order valence-corrected chi connectivity index (χ2v) is 5.83. The number of hydrogen-bond donors (Lipinski definition) is 2. The molecule has 106 valence electrons. The zero-order valence-electron chi connectivity index (χ0n) is 11.8. The number of amides is 1. The van der Waals surface area contributed by atoms with E-state index in [4.69, 9.17) is 10.5 Å². The van der Waals surface area contributed by atoms with Gasteiger partial charge in [0.1, 0.15) is 0 Å². The molecule has 0 heterocycles. The van der Waals surface area contributed by atoms with Gasteiger partial charge in [0.15, 0.2) is 0 Å². The Morgan fingerprint density at radius 2 is 2.06 bits per heavy atom. The predicted molar refractivity (Wildman–Crippen MR) is 73.3 cm³/mol. The SMILES string of the molecule is COCCCC(N)C(=O)NCC1(C)CCCCC1. The van der Waals surface area contributed by atoms with Crippen LogP contribution in [-0.2, 0) is 9.53 Å². The summed E-state index contributed by atoms with van der Waals surface area (Å²) in [6.07, 6.45) is 7.86. The van der Waals surface area contributed by atoms with Gasteiger partial charge in [0, 0.05) is 20.3 Å². The van der Waals surface area contributed by atoms with Crippen molar-refractivity contribution in [2.75, 3.05) is 20.3 Å². The summed E-state index contributed by atoms with van der Waals surface area (Å²) in [7, 11) is 1.66. The van der Waals surface area contributed by atoms with Crippen molar-refractivity contribution < 1.29 is 9.53 Å². The minimum atomic E-state index is -0.396. The molecule has 1 saturated carbocycles. The Balaban J connectivity index is 2.22. The Kier molecular flexibility index (Phi) is 6.65. The van der Waals surface area contributed by atoms with Crippen LogP contribution < -0.4 is 11.1 Å². The van der Waals surface area contributed by atoms with Crippen LogP contribution in [0, 0.1) is 5.41 Å². The molecule has 1 aliphatic rings. The third-order valence-electron chi connectivity index (χ3n) is 3.95. The summed E-state index contributed by atoms with van der Waals surface area (Å²) in [5, 5.41) is 3.01. The fraction of sp³-hybridized carbons (Fsp3) is 0.929. The highest BCUT2D eigenvalue weighted by Crippen LogP contribution is 2.34. The van der Waals surface area contributed by atoms with Gasteiger partial charge in [0.25, 0.3) is 0 Å². The van der Waals surface area contributed by atoms with Crippen LogP contribution in [0.25, 0.3) is 0 Å². The first kappa shape index (κ1) is 15.4. The minimum absolute atomic E-state index is 0.0158. The van der Waals surface area contributed by atoms with E-state index in [1.807, 2.05) is 0 Å². The quantitative estimate of drug-likeness (QED) is 0.683. The summed E-state index contributed by atoms with van der Waals surface area (Å²) in [4.78, 5) is 11.8. The standard InChI is InChI=1S/C14H28N2O2/c1-14(8-4-3-5-9-14)11-16-13(17)12(15)7-6-10-18-2/h12H,3-11,15H2,1-2H3,(H,16,17). The molecule has 1 aliphatic carbocycles. The molecule has 0 aromatic rings. The summed E-state index contributed by atoms with van der Waals surface area (Å²) >= 11 is 0. The van der Waals surface area contributed by atoms with Gasteiger partial charge in [0.05, 0.1) is 6.04 Å². The summed E-state index contributed by atoms with van der Waals surface area (Å²) in [6.45, 7) is 3.70. The Labute approximate surface area is 111 Å². The Morgan fingerprint density at radius 3 is 2.67 bits per heavy atom. The van der Waals surface area contributed by atoms with Crippen LogP contribution in [0.5, 0.6) is 0 Å². The highest BCUT2D eigenvalue weighted by Gasteiger charge is 2.27. The van der Waals surface area contributed by atoms with Gasteiger partial charge in [-0.3, -0.25) is 4.79 Å². The molecule has 3 N–H and O–H groups in total. The number of rotatable bonds is 7. The average molecular weight is 256 g/mol. The molecule has 0 aromatic carbocycles.